The second-order valence-electron chi connectivity index (χ2n) is 6.35. The van der Waals surface area contributed by atoms with Gasteiger partial charge in [-0.3, -0.25) is 9.59 Å². The van der Waals surface area contributed by atoms with Crippen LogP contribution in [0.15, 0.2) is 75.5 Å². The number of phenols is 1. The normalized spacial score (nSPS) is 10.8. The van der Waals surface area contributed by atoms with Crippen molar-refractivity contribution in [3.8, 4) is 5.75 Å². The molecule has 4 aromatic rings. The van der Waals surface area contributed by atoms with Gasteiger partial charge < -0.3 is 10.4 Å². The summed E-state index contributed by atoms with van der Waals surface area (Å²) < 4.78 is 2.45. The third kappa shape index (κ3) is 4.72. The highest BCUT2D eigenvalue weighted by molar-refractivity contribution is 9.10. The number of aromatic hydroxyl groups is 1. The molecule has 1 heterocycles. The molecule has 150 valence electrons. The summed E-state index contributed by atoms with van der Waals surface area (Å²) in [5.41, 5.74) is 2.62. The average Bonchev–Trinajstić information content (AvgIpc) is 3.15. The van der Waals surface area contributed by atoms with E-state index in [1.807, 2.05) is 36.4 Å². The van der Waals surface area contributed by atoms with E-state index in [-0.39, 0.29) is 23.2 Å². The van der Waals surface area contributed by atoms with Crippen LogP contribution in [0.1, 0.15) is 20.7 Å². The predicted molar refractivity (Wildman–Crippen MR) is 125 cm³/mol. The van der Waals surface area contributed by atoms with E-state index in [1.165, 1.54) is 35.2 Å². The number of carbonyl (C=O) groups excluding carboxylic acids is 2. The summed E-state index contributed by atoms with van der Waals surface area (Å²) in [7, 11) is 0. The Morgan fingerprint density at radius 3 is 2.60 bits per heavy atom. The first kappa shape index (κ1) is 20.6. The molecule has 30 heavy (non-hydrogen) atoms. The number of nitrogens with one attached hydrogen (secondary N) is 1. The number of benzene rings is 3. The Kier molecular flexibility index (Phi) is 6.17. The molecular weight excluding hydrogens is 484 g/mol. The number of Topliss-reactive ketones (excluding diaryl/α,β-unsaturated/α-hetero) is 1. The van der Waals surface area contributed by atoms with E-state index in [1.54, 1.807) is 18.2 Å². The number of thioether (sulfide) groups is 1. The summed E-state index contributed by atoms with van der Waals surface area (Å²) in [5, 5.41) is 12.2. The van der Waals surface area contributed by atoms with Crippen LogP contribution in [-0.4, -0.2) is 27.5 Å². The van der Waals surface area contributed by atoms with E-state index in [2.05, 4.69) is 26.2 Å². The van der Waals surface area contributed by atoms with Gasteiger partial charge in [0.2, 0.25) is 0 Å². The van der Waals surface area contributed by atoms with Crippen LogP contribution in [0.25, 0.3) is 10.2 Å². The molecule has 0 radical (unpaired) electrons. The monoisotopic (exact) mass is 498 g/mol. The number of carbonyl (C=O) groups is 2. The smallest absolute Gasteiger partial charge is 0.256 e. The number of fused-ring (bicyclic) bond motifs is 1. The van der Waals surface area contributed by atoms with Crippen LogP contribution in [0.3, 0.4) is 0 Å². The summed E-state index contributed by atoms with van der Waals surface area (Å²) in [6.45, 7) is 0. The Morgan fingerprint density at radius 2 is 1.83 bits per heavy atom. The highest BCUT2D eigenvalue weighted by Gasteiger charge is 2.12. The molecule has 5 nitrogen and oxygen atoms in total. The Bertz CT molecular complexity index is 1240. The SMILES string of the molecule is O=C(CSc1nc2ccc(NC(=O)c3ccccc3Br)cc2s1)c1ccc(O)cc1. The number of anilines is 1. The van der Waals surface area contributed by atoms with Crippen LogP contribution in [0.2, 0.25) is 0 Å². The maximum absolute atomic E-state index is 12.5. The molecule has 8 heteroatoms. The van der Waals surface area contributed by atoms with Gasteiger partial charge in [0.15, 0.2) is 10.1 Å². The van der Waals surface area contributed by atoms with Gasteiger partial charge in [0.05, 0.1) is 21.5 Å². The van der Waals surface area contributed by atoms with Gasteiger partial charge in [-0.15, -0.1) is 11.3 Å². The zero-order valence-corrected chi connectivity index (χ0v) is 18.7. The lowest BCUT2D eigenvalue weighted by Crippen LogP contribution is -2.12. The van der Waals surface area contributed by atoms with Gasteiger partial charge in [0, 0.05) is 15.7 Å². The van der Waals surface area contributed by atoms with E-state index in [0.29, 0.717) is 16.8 Å². The number of halogens is 1. The number of amides is 1. The van der Waals surface area contributed by atoms with Crippen molar-refractivity contribution in [3.05, 3.63) is 82.3 Å². The third-order valence-electron chi connectivity index (χ3n) is 4.26. The Morgan fingerprint density at radius 1 is 1.07 bits per heavy atom. The average molecular weight is 499 g/mol. The van der Waals surface area contributed by atoms with Gasteiger partial charge in [-0.05, 0) is 70.5 Å². The van der Waals surface area contributed by atoms with Gasteiger partial charge in [0.25, 0.3) is 5.91 Å². The van der Waals surface area contributed by atoms with Crippen LogP contribution < -0.4 is 5.32 Å². The first-order valence-electron chi connectivity index (χ1n) is 8.91. The fourth-order valence-electron chi connectivity index (χ4n) is 2.74. The van der Waals surface area contributed by atoms with Gasteiger partial charge in [-0.2, -0.15) is 0 Å². The van der Waals surface area contributed by atoms with Gasteiger partial charge in [0.1, 0.15) is 5.75 Å². The molecule has 0 atom stereocenters. The fourth-order valence-corrected chi connectivity index (χ4v) is 5.21. The minimum Gasteiger partial charge on any atom is -0.508 e. The molecule has 0 fully saturated rings. The van der Waals surface area contributed by atoms with Crippen molar-refractivity contribution in [1.82, 2.24) is 4.98 Å². The quantitative estimate of drug-likeness (QED) is 0.252. The van der Waals surface area contributed by atoms with E-state index in [0.717, 1.165) is 19.0 Å². The molecule has 0 bridgehead atoms. The molecule has 0 aliphatic heterocycles. The zero-order chi connectivity index (χ0) is 21.1. The maximum Gasteiger partial charge on any atom is 0.256 e. The molecule has 0 saturated heterocycles. The highest BCUT2D eigenvalue weighted by Crippen LogP contribution is 2.32. The molecule has 1 aromatic heterocycles. The third-order valence-corrected chi connectivity index (χ3v) is 7.11. The summed E-state index contributed by atoms with van der Waals surface area (Å²) in [4.78, 5) is 29.4. The van der Waals surface area contributed by atoms with Crippen molar-refractivity contribution in [3.63, 3.8) is 0 Å². The maximum atomic E-state index is 12.5. The molecule has 1 amide bonds. The van der Waals surface area contributed by atoms with E-state index in [4.69, 9.17) is 0 Å². The predicted octanol–water partition coefficient (Wildman–Crippen LogP) is 5.99. The minimum absolute atomic E-state index is 0.0272. The summed E-state index contributed by atoms with van der Waals surface area (Å²) in [6.07, 6.45) is 0. The highest BCUT2D eigenvalue weighted by atomic mass is 79.9. The summed E-state index contributed by atoms with van der Waals surface area (Å²) in [5.74, 6) is 0.171. The van der Waals surface area contributed by atoms with E-state index >= 15 is 0 Å². The molecule has 2 N–H and O–H groups in total. The Labute approximate surface area is 189 Å². The van der Waals surface area contributed by atoms with Gasteiger partial charge in [-0.25, -0.2) is 4.98 Å². The molecule has 3 aromatic carbocycles. The van der Waals surface area contributed by atoms with Crippen LogP contribution in [0.5, 0.6) is 5.75 Å². The zero-order valence-electron chi connectivity index (χ0n) is 15.5. The lowest BCUT2D eigenvalue weighted by atomic mass is 10.1. The molecule has 0 saturated carbocycles. The van der Waals surface area contributed by atoms with Crippen molar-refractivity contribution < 1.29 is 14.7 Å². The molecular formula is C22H15BrN2O3S2. The molecule has 0 unspecified atom stereocenters. The van der Waals surface area contributed by atoms with Crippen LogP contribution in [0.4, 0.5) is 5.69 Å². The lowest BCUT2D eigenvalue weighted by molar-refractivity contribution is 0.101. The largest absolute Gasteiger partial charge is 0.508 e. The van der Waals surface area contributed by atoms with Crippen LogP contribution in [0, 0.1) is 0 Å². The van der Waals surface area contributed by atoms with Crippen molar-refractivity contribution in [2.75, 3.05) is 11.1 Å². The van der Waals surface area contributed by atoms with Crippen LogP contribution >= 0.6 is 39.0 Å². The first-order valence-corrected chi connectivity index (χ1v) is 11.5. The lowest BCUT2D eigenvalue weighted by Gasteiger charge is -2.06. The van der Waals surface area contributed by atoms with Crippen molar-refractivity contribution in [1.29, 1.82) is 0 Å². The van der Waals surface area contributed by atoms with Crippen molar-refractivity contribution in [2.45, 2.75) is 4.34 Å². The topological polar surface area (TPSA) is 79.3 Å². The van der Waals surface area contributed by atoms with Crippen LogP contribution in [-0.2, 0) is 0 Å². The number of rotatable bonds is 6. The van der Waals surface area contributed by atoms with Crippen molar-refractivity contribution >= 4 is 66.6 Å². The fraction of sp³-hybridized carbons (Fsp3) is 0.0455. The standard InChI is InChI=1S/C22H15BrN2O3S2/c23-17-4-2-1-3-16(17)21(28)24-14-7-10-18-20(11-14)30-22(25-18)29-12-19(27)13-5-8-15(26)9-6-13/h1-11,26H,12H2,(H,24,28). The molecule has 0 aliphatic carbocycles. The first-order chi connectivity index (χ1) is 14.5. The van der Waals surface area contributed by atoms with Gasteiger partial charge >= 0.3 is 0 Å². The second-order valence-corrected chi connectivity index (χ2v) is 9.46. The second kappa shape index (κ2) is 8.99. The molecule has 0 aliphatic rings. The number of hydrogen-bond donors (Lipinski definition) is 2. The number of phenolic OH excluding ortho intramolecular Hbond substituents is 1. The molecule has 0 spiro atoms. The number of ketones is 1. The van der Waals surface area contributed by atoms with E-state index in [9.17, 15) is 14.7 Å². The number of nitrogens with zero attached hydrogens (tertiary/aromatic N) is 1. The van der Waals surface area contributed by atoms with Gasteiger partial charge in [-0.1, -0.05) is 23.9 Å². The van der Waals surface area contributed by atoms with E-state index < -0.39 is 0 Å². The van der Waals surface area contributed by atoms with Crippen molar-refractivity contribution in [2.24, 2.45) is 0 Å². The summed E-state index contributed by atoms with van der Waals surface area (Å²) in [6, 6.07) is 19.0. The molecule has 4 rings (SSSR count). The summed E-state index contributed by atoms with van der Waals surface area (Å²) >= 11 is 6.24. The number of thiazole rings is 1. The Balaban J connectivity index is 1.44. The Hall–Kier alpha value is -2.68. The number of hydrogen-bond acceptors (Lipinski definition) is 6. The minimum atomic E-state index is -0.194. The number of aromatic nitrogens is 1.